The van der Waals surface area contributed by atoms with Crippen molar-refractivity contribution in [3.05, 3.63) is 40.7 Å². The number of carbonyl (C=O) groups is 2. The first-order valence-electron chi connectivity index (χ1n) is 9.29. The van der Waals surface area contributed by atoms with E-state index in [4.69, 9.17) is 4.74 Å². The maximum Gasteiger partial charge on any atom is 0.361 e. The van der Waals surface area contributed by atoms with E-state index in [1.807, 2.05) is 32.0 Å². The lowest BCUT2D eigenvalue weighted by molar-refractivity contribution is -0.129. The van der Waals surface area contributed by atoms with E-state index in [1.165, 1.54) is 11.7 Å². The second-order valence-electron chi connectivity index (χ2n) is 7.37. The lowest BCUT2D eigenvalue weighted by Gasteiger charge is -2.16. The van der Waals surface area contributed by atoms with Crippen LogP contribution in [0.3, 0.4) is 0 Å². The minimum atomic E-state index is -3.11. The lowest BCUT2D eigenvalue weighted by atomic mass is 10.1. The third-order valence-electron chi connectivity index (χ3n) is 4.78. The van der Waals surface area contributed by atoms with Gasteiger partial charge in [0.25, 0.3) is 5.91 Å². The minimum absolute atomic E-state index is 0.0214. The molecule has 2 aromatic rings. The van der Waals surface area contributed by atoms with Crippen molar-refractivity contribution in [2.75, 3.05) is 11.5 Å². The average molecular weight is 420 g/mol. The molecule has 1 amide bonds. The summed E-state index contributed by atoms with van der Waals surface area (Å²) in [6.07, 6.45) is -0.727. The second kappa shape index (κ2) is 7.94. The molecule has 0 unspecified atom stereocenters. The standard InChI is InChI=1S/C19H24N4O5S/c1-11-5-6-16(12(2)9-11)23-21-13(3)17(22-23)19(25)28-14(4)18(24)20-15-7-8-29(26,27)10-15/h5-6,9,14-15H,7-8,10H2,1-4H3,(H,20,24)/t14-,15+/m0/s1. The number of esters is 1. The van der Waals surface area contributed by atoms with Gasteiger partial charge in [0.1, 0.15) is 0 Å². The largest absolute Gasteiger partial charge is 0.448 e. The summed E-state index contributed by atoms with van der Waals surface area (Å²) in [5, 5.41) is 11.1. The van der Waals surface area contributed by atoms with Crippen LogP contribution in [-0.4, -0.2) is 58.9 Å². The van der Waals surface area contributed by atoms with Gasteiger partial charge in [0.05, 0.1) is 22.9 Å². The van der Waals surface area contributed by atoms with E-state index in [-0.39, 0.29) is 17.2 Å². The van der Waals surface area contributed by atoms with Crippen LogP contribution in [0.1, 0.15) is 40.7 Å². The topological polar surface area (TPSA) is 120 Å². The maximum atomic E-state index is 12.5. The normalized spacial score (nSPS) is 19.0. The molecule has 1 aliphatic rings. The third-order valence-corrected chi connectivity index (χ3v) is 6.54. The van der Waals surface area contributed by atoms with Gasteiger partial charge in [-0.1, -0.05) is 17.7 Å². The number of benzene rings is 1. The highest BCUT2D eigenvalue weighted by Gasteiger charge is 2.31. The zero-order valence-electron chi connectivity index (χ0n) is 16.8. The van der Waals surface area contributed by atoms with Gasteiger partial charge in [-0.05, 0) is 45.7 Å². The molecule has 2 atom stereocenters. The molecule has 0 spiro atoms. The molecule has 1 aromatic carbocycles. The zero-order chi connectivity index (χ0) is 21.3. The fourth-order valence-electron chi connectivity index (χ4n) is 3.20. The van der Waals surface area contributed by atoms with Crippen molar-refractivity contribution in [3.63, 3.8) is 0 Å². The van der Waals surface area contributed by atoms with Crippen molar-refractivity contribution in [1.29, 1.82) is 0 Å². The van der Waals surface area contributed by atoms with Crippen molar-refractivity contribution in [3.8, 4) is 5.69 Å². The number of hydrogen-bond acceptors (Lipinski definition) is 7. The predicted molar refractivity (Wildman–Crippen MR) is 106 cm³/mol. The van der Waals surface area contributed by atoms with Crippen LogP contribution in [0.2, 0.25) is 0 Å². The van der Waals surface area contributed by atoms with Crippen LogP contribution in [0.15, 0.2) is 18.2 Å². The van der Waals surface area contributed by atoms with Crippen molar-refractivity contribution in [1.82, 2.24) is 20.3 Å². The summed E-state index contributed by atoms with van der Waals surface area (Å²) in [5.74, 6) is -1.35. The molecule has 0 aliphatic carbocycles. The Morgan fingerprint density at radius 2 is 1.97 bits per heavy atom. The molecule has 0 bridgehead atoms. The van der Waals surface area contributed by atoms with Gasteiger partial charge in [-0.25, -0.2) is 13.2 Å². The van der Waals surface area contributed by atoms with Crippen molar-refractivity contribution < 1.29 is 22.7 Å². The van der Waals surface area contributed by atoms with E-state index in [9.17, 15) is 18.0 Å². The summed E-state index contributed by atoms with van der Waals surface area (Å²) < 4.78 is 28.2. The number of aromatic nitrogens is 3. The van der Waals surface area contributed by atoms with Crippen LogP contribution < -0.4 is 5.32 Å². The van der Waals surface area contributed by atoms with Gasteiger partial charge in [-0.2, -0.15) is 9.90 Å². The molecule has 1 saturated heterocycles. The van der Waals surface area contributed by atoms with Crippen molar-refractivity contribution in [2.24, 2.45) is 0 Å². The third kappa shape index (κ3) is 4.81. The van der Waals surface area contributed by atoms with Crippen molar-refractivity contribution in [2.45, 2.75) is 46.3 Å². The van der Waals surface area contributed by atoms with Crippen LogP contribution in [0, 0.1) is 20.8 Å². The van der Waals surface area contributed by atoms with E-state index in [0.717, 1.165) is 16.8 Å². The molecule has 0 saturated carbocycles. The fraction of sp³-hybridized carbons (Fsp3) is 0.474. The highest BCUT2D eigenvalue weighted by molar-refractivity contribution is 7.91. The van der Waals surface area contributed by atoms with Crippen LogP contribution in [0.4, 0.5) is 0 Å². The smallest absolute Gasteiger partial charge is 0.361 e. The number of ether oxygens (including phenoxy) is 1. The average Bonchev–Trinajstić information content (AvgIpc) is 3.16. The quantitative estimate of drug-likeness (QED) is 0.718. The summed E-state index contributed by atoms with van der Waals surface area (Å²) in [6.45, 7) is 6.97. The van der Waals surface area contributed by atoms with Gasteiger partial charge in [0.2, 0.25) is 0 Å². The van der Waals surface area contributed by atoms with Gasteiger partial charge in [0.15, 0.2) is 21.6 Å². The summed E-state index contributed by atoms with van der Waals surface area (Å²) in [4.78, 5) is 26.1. The zero-order valence-corrected chi connectivity index (χ0v) is 17.6. The van der Waals surface area contributed by atoms with Crippen LogP contribution in [0.5, 0.6) is 0 Å². The van der Waals surface area contributed by atoms with Gasteiger partial charge < -0.3 is 10.1 Å². The van der Waals surface area contributed by atoms with E-state index in [2.05, 4.69) is 15.5 Å². The van der Waals surface area contributed by atoms with Gasteiger partial charge in [-0.15, -0.1) is 5.10 Å². The molecule has 1 fully saturated rings. The van der Waals surface area contributed by atoms with Gasteiger partial charge in [0, 0.05) is 6.04 Å². The Morgan fingerprint density at radius 1 is 1.24 bits per heavy atom. The number of aryl methyl sites for hydroxylation is 3. The molecule has 0 radical (unpaired) electrons. The van der Waals surface area contributed by atoms with Crippen molar-refractivity contribution >= 4 is 21.7 Å². The first-order chi connectivity index (χ1) is 13.6. The highest BCUT2D eigenvalue weighted by Crippen LogP contribution is 2.16. The Hall–Kier alpha value is -2.75. The summed E-state index contributed by atoms with van der Waals surface area (Å²) >= 11 is 0. The van der Waals surface area contributed by atoms with E-state index < -0.39 is 33.9 Å². The summed E-state index contributed by atoms with van der Waals surface area (Å²) in [5.41, 5.74) is 3.20. The predicted octanol–water partition coefficient (Wildman–Crippen LogP) is 1.04. The Balaban J connectivity index is 1.67. The molecule has 9 nitrogen and oxygen atoms in total. The first kappa shape index (κ1) is 21.0. The Morgan fingerprint density at radius 3 is 2.59 bits per heavy atom. The molecule has 29 heavy (non-hydrogen) atoms. The van der Waals surface area contributed by atoms with Gasteiger partial charge >= 0.3 is 5.97 Å². The van der Waals surface area contributed by atoms with E-state index in [0.29, 0.717) is 12.1 Å². The molecule has 156 valence electrons. The molecule has 2 heterocycles. The summed E-state index contributed by atoms with van der Waals surface area (Å²) in [7, 11) is -3.11. The minimum Gasteiger partial charge on any atom is -0.448 e. The SMILES string of the molecule is Cc1ccc(-n2nc(C)c(C(=O)O[C@@H](C)C(=O)N[C@@H]3CCS(=O)(=O)C3)n2)c(C)c1. The molecular formula is C19H24N4O5S. The molecule has 3 rings (SSSR count). The number of nitrogens with zero attached hydrogens (tertiary/aromatic N) is 3. The maximum absolute atomic E-state index is 12.5. The van der Waals surface area contributed by atoms with Crippen LogP contribution in [-0.2, 0) is 19.4 Å². The molecular weight excluding hydrogens is 396 g/mol. The lowest BCUT2D eigenvalue weighted by Crippen LogP contribution is -2.42. The Labute approximate surface area is 169 Å². The summed E-state index contributed by atoms with van der Waals surface area (Å²) in [6, 6.07) is 5.32. The van der Waals surface area contributed by atoms with E-state index >= 15 is 0 Å². The second-order valence-corrected chi connectivity index (χ2v) is 9.60. The number of nitrogens with one attached hydrogen (secondary N) is 1. The number of amides is 1. The molecule has 10 heteroatoms. The highest BCUT2D eigenvalue weighted by atomic mass is 32.2. The van der Waals surface area contributed by atoms with E-state index in [1.54, 1.807) is 6.92 Å². The Kier molecular flexibility index (Phi) is 5.74. The fourth-order valence-corrected chi connectivity index (χ4v) is 4.88. The monoisotopic (exact) mass is 420 g/mol. The number of hydrogen-bond donors (Lipinski definition) is 1. The number of sulfone groups is 1. The van der Waals surface area contributed by atoms with Gasteiger partial charge in [-0.3, -0.25) is 4.79 Å². The first-order valence-corrected chi connectivity index (χ1v) is 11.1. The molecule has 1 N–H and O–H groups in total. The number of rotatable bonds is 5. The molecule has 1 aromatic heterocycles. The van der Waals surface area contributed by atoms with Crippen LogP contribution >= 0.6 is 0 Å². The number of carbonyl (C=O) groups excluding carboxylic acids is 2. The van der Waals surface area contributed by atoms with Crippen LogP contribution in [0.25, 0.3) is 5.69 Å². The Bertz CT molecular complexity index is 1060. The molecule has 1 aliphatic heterocycles.